The van der Waals surface area contributed by atoms with Crippen LogP contribution >= 0.6 is 0 Å². The van der Waals surface area contributed by atoms with E-state index in [1.54, 1.807) is 0 Å². The Balaban J connectivity index is 0.000000250. The molecule has 0 radical (unpaired) electrons. The SMILES string of the molecule is O=C(N=S(=O)=O)Nc1ccnnn1.c1ccccc1. The van der Waals surface area contributed by atoms with E-state index >= 15 is 0 Å². The topological polar surface area (TPSA) is 114 Å². The fraction of sp³-hybridized carbons (Fsp3) is 0. The van der Waals surface area contributed by atoms with Crippen LogP contribution < -0.4 is 5.32 Å². The Morgan fingerprint density at radius 1 is 1.11 bits per heavy atom. The number of carbonyl (C=O) groups is 1. The van der Waals surface area contributed by atoms with E-state index in [0.717, 1.165) is 0 Å². The number of nitrogens with zero attached hydrogens (tertiary/aromatic N) is 4. The summed E-state index contributed by atoms with van der Waals surface area (Å²) >= 11 is 0. The van der Waals surface area contributed by atoms with Gasteiger partial charge in [-0.15, -0.1) is 10.2 Å². The molecule has 0 atom stereocenters. The second-order valence-electron chi connectivity index (χ2n) is 2.90. The molecule has 0 fully saturated rings. The second-order valence-corrected chi connectivity index (χ2v) is 3.52. The molecule has 8 nitrogen and oxygen atoms in total. The summed E-state index contributed by atoms with van der Waals surface area (Å²) in [6, 6.07) is 12.3. The Hall–Kier alpha value is -2.68. The molecule has 0 aliphatic heterocycles. The van der Waals surface area contributed by atoms with Crippen molar-refractivity contribution in [1.82, 2.24) is 15.4 Å². The third-order valence-electron chi connectivity index (χ3n) is 1.56. The van der Waals surface area contributed by atoms with Crippen molar-refractivity contribution in [2.75, 3.05) is 5.32 Å². The molecule has 0 aliphatic rings. The number of nitrogens with one attached hydrogen (secondary N) is 1. The monoisotopic (exact) mass is 279 g/mol. The standard InChI is InChI=1S/C6H6.C4H3N5O3S/c1-2-4-6-5-3-1;10-4(8-13(11)12)6-3-1-2-5-9-7-3/h1-6H;1-2H,(H,5,6,7,10). The van der Waals surface area contributed by atoms with Gasteiger partial charge in [-0.2, -0.15) is 8.42 Å². The van der Waals surface area contributed by atoms with Gasteiger partial charge in [0.2, 0.25) is 0 Å². The largest absolute Gasteiger partial charge is 0.361 e. The lowest BCUT2D eigenvalue weighted by atomic mass is 10.4. The molecule has 0 aliphatic carbocycles. The number of carbonyl (C=O) groups excluding carboxylic acids is 1. The maximum Gasteiger partial charge on any atom is 0.361 e. The highest BCUT2D eigenvalue weighted by molar-refractivity contribution is 7.62. The minimum absolute atomic E-state index is 0.0780. The first-order valence-corrected chi connectivity index (χ1v) is 5.98. The van der Waals surface area contributed by atoms with E-state index in [4.69, 9.17) is 0 Å². The molecule has 1 heterocycles. The van der Waals surface area contributed by atoms with Crippen molar-refractivity contribution >= 4 is 22.3 Å². The lowest BCUT2D eigenvalue weighted by Gasteiger charge is -1.94. The van der Waals surface area contributed by atoms with Crippen LogP contribution in [0.4, 0.5) is 10.6 Å². The molecule has 0 saturated heterocycles. The van der Waals surface area contributed by atoms with Gasteiger partial charge in [-0.3, -0.25) is 5.32 Å². The number of aromatic nitrogens is 3. The Kier molecular flexibility index (Phi) is 6.37. The van der Waals surface area contributed by atoms with Gasteiger partial charge in [0.1, 0.15) is 0 Å². The van der Waals surface area contributed by atoms with Crippen LogP contribution in [0.2, 0.25) is 0 Å². The fourth-order valence-corrected chi connectivity index (χ4v) is 1.07. The first-order valence-electron chi connectivity index (χ1n) is 4.95. The van der Waals surface area contributed by atoms with Crippen molar-refractivity contribution in [3.8, 4) is 0 Å². The van der Waals surface area contributed by atoms with Crippen LogP contribution in [0.5, 0.6) is 0 Å². The molecular weight excluding hydrogens is 270 g/mol. The molecule has 19 heavy (non-hydrogen) atoms. The lowest BCUT2D eigenvalue weighted by molar-refractivity contribution is 0.260. The molecule has 1 N–H and O–H groups in total. The van der Waals surface area contributed by atoms with Gasteiger partial charge in [0, 0.05) is 6.07 Å². The van der Waals surface area contributed by atoms with Crippen LogP contribution in [-0.2, 0) is 10.5 Å². The minimum atomic E-state index is -2.77. The number of rotatable bonds is 1. The molecule has 9 heteroatoms. The van der Waals surface area contributed by atoms with Crippen LogP contribution in [-0.4, -0.2) is 29.9 Å². The van der Waals surface area contributed by atoms with Gasteiger partial charge in [0.25, 0.3) is 0 Å². The Morgan fingerprint density at radius 2 is 1.68 bits per heavy atom. The summed E-state index contributed by atoms with van der Waals surface area (Å²) < 4.78 is 22.5. The Morgan fingerprint density at radius 3 is 2.11 bits per heavy atom. The van der Waals surface area contributed by atoms with Gasteiger partial charge in [-0.25, -0.2) is 4.79 Å². The summed E-state index contributed by atoms with van der Waals surface area (Å²) in [4.78, 5) is 10.7. The number of benzene rings is 1. The molecule has 0 saturated carbocycles. The Labute approximate surface area is 110 Å². The van der Waals surface area contributed by atoms with Crippen LogP contribution in [0.15, 0.2) is 53.0 Å². The number of urea groups is 1. The average molecular weight is 279 g/mol. The molecule has 2 rings (SSSR count). The summed E-state index contributed by atoms with van der Waals surface area (Å²) in [5.74, 6) is 0.0780. The molecule has 2 aromatic rings. The van der Waals surface area contributed by atoms with Crippen LogP contribution in [0.1, 0.15) is 0 Å². The molecule has 1 aromatic carbocycles. The van der Waals surface area contributed by atoms with Crippen LogP contribution in [0.3, 0.4) is 0 Å². The van der Waals surface area contributed by atoms with E-state index in [1.165, 1.54) is 12.3 Å². The van der Waals surface area contributed by atoms with E-state index in [1.807, 2.05) is 36.4 Å². The predicted molar refractivity (Wildman–Crippen MR) is 66.6 cm³/mol. The molecule has 2 amide bonds. The third-order valence-corrected chi connectivity index (χ3v) is 1.88. The first-order chi connectivity index (χ1) is 9.18. The lowest BCUT2D eigenvalue weighted by Crippen LogP contribution is -2.08. The molecule has 1 aromatic heterocycles. The highest BCUT2D eigenvalue weighted by Crippen LogP contribution is 1.96. The van der Waals surface area contributed by atoms with Gasteiger partial charge in [-0.05, 0) is 5.21 Å². The zero-order chi connectivity index (χ0) is 13.9. The summed E-state index contributed by atoms with van der Waals surface area (Å²) in [7, 11) is -2.77. The summed E-state index contributed by atoms with van der Waals surface area (Å²) in [5.41, 5.74) is 0. The van der Waals surface area contributed by atoms with Crippen molar-refractivity contribution in [2.24, 2.45) is 4.36 Å². The summed E-state index contributed by atoms with van der Waals surface area (Å²) in [6.45, 7) is 0. The fourth-order valence-electron chi connectivity index (χ4n) is 0.893. The summed E-state index contributed by atoms with van der Waals surface area (Å²) in [5, 5.41) is 12.0. The molecule has 0 spiro atoms. The van der Waals surface area contributed by atoms with E-state index in [9.17, 15) is 13.2 Å². The maximum absolute atomic E-state index is 10.7. The normalized spacial score (nSPS) is 8.63. The predicted octanol–water partition coefficient (Wildman–Crippen LogP) is 1.15. The van der Waals surface area contributed by atoms with Crippen LogP contribution in [0.25, 0.3) is 0 Å². The number of hydrogen-bond acceptors (Lipinski definition) is 6. The number of amides is 2. The van der Waals surface area contributed by atoms with Crippen molar-refractivity contribution < 1.29 is 13.2 Å². The smallest absolute Gasteiger partial charge is 0.288 e. The molecule has 98 valence electrons. The minimum Gasteiger partial charge on any atom is -0.288 e. The van der Waals surface area contributed by atoms with E-state index < -0.39 is 16.5 Å². The molecular formula is C10H9N5O3S. The number of hydrogen-bond donors (Lipinski definition) is 1. The van der Waals surface area contributed by atoms with Gasteiger partial charge in [0.05, 0.1) is 6.20 Å². The van der Waals surface area contributed by atoms with Crippen molar-refractivity contribution in [3.05, 3.63) is 48.7 Å². The quantitative estimate of drug-likeness (QED) is 0.837. The molecule has 0 unspecified atom stereocenters. The highest BCUT2D eigenvalue weighted by atomic mass is 32.2. The summed E-state index contributed by atoms with van der Waals surface area (Å²) in [6.07, 6.45) is 1.29. The first kappa shape index (κ1) is 14.4. The number of anilines is 1. The zero-order valence-electron chi connectivity index (χ0n) is 9.54. The van der Waals surface area contributed by atoms with Crippen molar-refractivity contribution in [3.63, 3.8) is 0 Å². The van der Waals surface area contributed by atoms with Crippen molar-refractivity contribution in [2.45, 2.75) is 0 Å². The van der Waals surface area contributed by atoms with Crippen LogP contribution in [0, 0.1) is 0 Å². The highest BCUT2D eigenvalue weighted by Gasteiger charge is 2.00. The van der Waals surface area contributed by atoms with Gasteiger partial charge >= 0.3 is 16.5 Å². The molecule has 0 bridgehead atoms. The van der Waals surface area contributed by atoms with Gasteiger partial charge in [0.15, 0.2) is 5.82 Å². The van der Waals surface area contributed by atoms with Gasteiger partial charge < -0.3 is 0 Å². The maximum atomic E-state index is 10.7. The van der Waals surface area contributed by atoms with Crippen molar-refractivity contribution in [1.29, 1.82) is 0 Å². The van der Waals surface area contributed by atoms with E-state index in [2.05, 4.69) is 25.1 Å². The second kappa shape index (κ2) is 8.42. The van der Waals surface area contributed by atoms with Gasteiger partial charge in [-0.1, -0.05) is 40.8 Å². The van der Waals surface area contributed by atoms with E-state index in [-0.39, 0.29) is 5.82 Å². The third kappa shape index (κ3) is 7.28. The zero-order valence-corrected chi connectivity index (χ0v) is 10.4. The van der Waals surface area contributed by atoms with E-state index in [0.29, 0.717) is 0 Å². The average Bonchev–Trinajstić information content (AvgIpc) is 2.41. The Bertz CT molecular complexity index is 596.